The van der Waals surface area contributed by atoms with Gasteiger partial charge in [-0.05, 0) is 35.2 Å². The molecule has 6 rings (SSSR count). The lowest BCUT2D eigenvalue weighted by atomic mass is 9.47. The van der Waals surface area contributed by atoms with E-state index in [0.29, 0.717) is 0 Å². The van der Waals surface area contributed by atoms with Crippen LogP contribution in [0.25, 0.3) is 21.8 Å². The van der Waals surface area contributed by atoms with Gasteiger partial charge in [0.05, 0.1) is 0 Å². The van der Waals surface area contributed by atoms with Crippen LogP contribution in [0.15, 0.2) is 97.1 Å². The van der Waals surface area contributed by atoms with Crippen molar-refractivity contribution in [3.63, 3.8) is 0 Å². The van der Waals surface area contributed by atoms with E-state index in [1.165, 1.54) is 44.1 Å². The molecule has 0 amide bonds. The Morgan fingerprint density at radius 3 is 1.50 bits per heavy atom. The van der Waals surface area contributed by atoms with Crippen molar-refractivity contribution in [3.05, 3.63) is 97.1 Å². The highest BCUT2D eigenvalue weighted by molar-refractivity contribution is 6.88. The largest absolute Gasteiger partial charge is 0.376 e. The molecule has 0 radical (unpaired) electrons. The van der Waals surface area contributed by atoms with Crippen molar-refractivity contribution >= 4 is 51.0 Å². The van der Waals surface area contributed by atoms with Crippen molar-refractivity contribution < 1.29 is 0 Å². The first-order chi connectivity index (χ1) is 13.8. The van der Waals surface area contributed by atoms with Crippen LogP contribution in [0.4, 0.5) is 11.4 Å². The fraction of sp³-hybridized carbons (Fsp3) is 0.0400. The molecule has 0 atom stereocenters. The summed E-state index contributed by atoms with van der Waals surface area (Å²) in [7, 11) is 2.17. The number of para-hydroxylation sites is 4. The number of nitrogens with zero attached hydrogens (tertiary/aromatic N) is 2. The number of hydrogen-bond acceptors (Lipinski definition) is 1. The Morgan fingerprint density at radius 2 is 0.964 bits per heavy atom. The number of fused-ring (bicyclic) bond motifs is 5. The third-order valence-corrected chi connectivity index (χ3v) is 6.06. The minimum Gasteiger partial charge on any atom is -0.376 e. The van der Waals surface area contributed by atoms with Gasteiger partial charge in [-0.25, -0.2) is 0 Å². The lowest BCUT2D eigenvalue weighted by molar-refractivity contribution is 1.20. The summed E-state index contributed by atoms with van der Waals surface area (Å²) in [6.07, 6.45) is 0. The molecule has 0 bridgehead atoms. The number of rotatable bonds is 1. The second-order valence-corrected chi connectivity index (χ2v) is 7.48. The van der Waals surface area contributed by atoms with Crippen LogP contribution in [-0.2, 0) is 0 Å². The smallest absolute Gasteiger partial charge is 0.332 e. The maximum absolute atomic E-state index is 2.52. The van der Waals surface area contributed by atoms with E-state index in [4.69, 9.17) is 0 Å². The Hall–Kier alpha value is -3.46. The van der Waals surface area contributed by atoms with E-state index in [9.17, 15) is 0 Å². The summed E-state index contributed by atoms with van der Waals surface area (Å²) in [6.45, 7) is 0.147. The van der Waals surface area contributed by atoms with Crippen molar-refractivity contribution in [2.75, 3.05) is 11.9 Å². The molecule has 5 aromatic rings. The van der Waals surface area contributed by atoms with E-state index in [1.54, 1.807) is 0 Å². The molecule has 0 N–H and O–H groups in total. The molecule has 1 aliphatic rings. The molecule has 1 aliphatic heterocycles. The summed E-state index contributed by atoms with van der Waals surface area (Å²) < 4.78 is 2.52. The minimum absolute atomic E-state index is 0.147. The van der Waals surface area contributed by atoms with E-state index < -0.39 is 0 Å². The second-order valence-electron chi connectivity index (χ2n) is 7.48. The van der Waals surface area contributed by atoms with Crippen molar-refractivity contribution in [3.8, 4) is 0 Å². The van der Waals surface area contributed by atoms with Crippen LogP contribution in [0.2, 0.25) is 0 Å². The van der Waals surface area contributed by atoms with E-state index >= 15 is 0 Å². The average Bonchev–Trinajstić information content (AvgIpc) is 3.09. The molecule has 132 valence electrons. The molecule has 2 heterocycles. The van der Waals surface area contributed by atoms with Crippen molar-refractivity contribution in [2.45, 2.75) is 0 Å². The summed E-state index contributed by atoms with van der Waals surface area (Å²) in [5.41, 5.74) is 7.79. The molecule has 3 heteroatoms. The summed E-state index contributed by atoms with van der Waals surface area (Å²) in [4.78, 5) is 2.31. The molecular formula is C25H19BN2. The molecule has 0 unspecified atom stereocenters. The van der Waals surface area contributed by atoms with Crippen molar-refractivity contribution in [2.24, 2.45) is 0 Å². The summed E-state index contributed by atoms with van der Waals surface area (Å²) in [5, 5.41) is 2.62. The van der Waals surface area contributed by atoms with E-state index in [-0.39, 0.29) is 6.85 Å². The highest BCUT2D eigenvalue weighted by atomic mass is 15.1. The molecule has 4 aromatic carbocycles. The fourth-order valence-corrected chi connectivity index (χ4v) is 4.85. The molecule has 0 fully saturated rings. The lowest BCUT2D eigenvalue weighted by Crippen LogP contribution is -2.54. The standard InChI is InChI=1S/C25H19BN2/c1-27-24-16-8-4-12-20(24)26(21-13-5-9-17-25(21)27)28-22-14-6-2-10-18(22)19-11-3-7-15-23(19)28/h2-17H,1H3. The quantitative estimate of drug-likeness (QED) is 0.400. The van der Waals surface area contributed by atoms with Gasteiger partial charge in [0.25, 0.3) is 0 Å². The summed E-state index contributed by atoms with van der Waals surface area (Å²) in [5.74, 6) is 0. The Morgan fingerprint density at radius 1 is 0.536 bits per heavy atom. The Kier molecular flexibility index (Phi) is 3.21. The molecule has 28 heavy (non-hydrogen) atoms. The predicted octanol–water partition coefficient (Wildman–Crippen LogP) is 4.53. The Balaban J connectivity index is 1.78. The highest BCUT2D eigenvalue weighted by Gasteiger charge is 2.35. The van der Waals surface area contributed by atoms with Gasteiger partial charge in [-0.1, -0.05) is 72.8 Å². The molecule has 0 spiro atoms. The van der Waals surface area contributed by atoms with E-state index in [1.807, 2.05) is 0 Å². The third-order valence-electron chi connectivity index (χ3n) is 6.06. The molecule has 1 aromatic heterocycles. The summed E-state index contributed by atoms with van der Waals surface area (Å²) >= 11 is 0. The first kappa shape index (κ1) is 15.6. The van der Waals surface area contributed by atoms with Crippen LogP contribution in [0.3, 0.4) is 0 Å². The van der Waals surface area contributed by atoms with Crippen LogP contribution in [0.5, 0.6) is 0 Å². The first-order valence-electron chi connectivity index (χ1n) is 9.74. The monoisotopic (exact) mass is 358 g/mol. The van der Waals surface area contributed by atoms with Crippen LogP contribution < -0.4 is 15.8 Å². The number of anilines is 2. The van der Waals surface area contributed by atoms with Gasteiger partial charge < -0.3 is 9.38 Å². The highest BCUT2D eigenvalue weighted by Crippen LogP contribution is 2.32. The predicted molar refractivity (Wildman–Crippen MR) is 121 cm³/mol. The van der Waals surface area contributed by atoms with Gasteiger partial charge in [0.15, 0.2) is 0 Å². The zero-order valence-electron chi connectivity index (χ0n) is 15.7. The van der Waals surface area contributed by atoms with Gasteiger partial charge in [0.1, 0.15) is 0 Å². The second kappa shape index (κ2) is 5.77. The van der Waals surface area contributed by atoms with Crippen LogP contribution in [-0.4, -0.2) is 18.4 Å². The normalized spacial score (nSPS) is 13.0. The zero-order valence-corrected chi connectivity index (χ0v) is 15.7. The maximum Gasteiger partial charge on any atom is 0.332 e. The Bertz CT molecular complexity index is 1250. The number of hydrogen-bond donors (Lipinski definition) is 0. The molecule has 2 nitrogen and oxygen atoms in total. The zero-order chi connectivity index (χ0) is 18.7. The van der Waals surface area contributed by atoms with Crippen LogP contribution in [0, 0.1) is 0 Å². The van der Waals surface area contributed by atoms with Crippen LogP contribution in [0.1, 0.15) is 0 Å². The van der Waals surface area contributed by atoms with Crippen molar-refractivity contribution in [1.82, 2.24) is 4.48 Å². The third kappa shape index (κ3) is 1.99. The molecule has 0 saturated heterocycles. The maximum atomic E-state index is 2.52. The topological polar surface area (TPSA) is 8.17 Å². The first-order valence-corrected chi connectivity index (χ1v) is 9.74. The van der Waals surface area contributed by atoms with Crippen LogP contribution >= 0.6 is 0 Å². The number of aromatic nitrogens is 1. The fourth-order valence-electron chi connectivity index (χ4n) is 4.85. The van der Waals surface area contributed by atoms with Gasteiger partial charge in [-0.3, -0.25) is 0 Å². The van der Waals surface area contributed by atoms with Gasteiger partial charge in [0.2, 0.25) is 0 Å². The van der Waals surface area contributed by atoms with Gasteiger partial charge in [0, 0.05) is 40.2 Å². The Labute approximate surface area is 164 Å². The van der Waals surface area contributed by atoms with Gasteiger partial charge in [-0.15, -0.1) is 0 Å². The van der Waals surface area contributed by atoms with E-state index in [2.05, 4.69) is 113 Å². The summed E-state index contributed by atoms with van der Waals surface area (Å²) in [6, 6.07) is 35.1. The molecular weight excluding hydrogens is 339 g/mol. The average molecular weight is 358 g/mol. The minimum atomic E-state index is 0.147. The lowest BCUT2D eigenvalue weighted by Gasteiger charge is -2.34. The molecule has 0 aliphatic carbocycles. The van der Waals surface area contributed by atoms with Crippen molar-refractivity contribution in [1.29, 1.82) is 0 Å². The number of benzene rings is 4. The SMILES string of the molecule is CN1c2ccccc2B(n2c3ccccc3c3ccccc32)c2ccccc21. The van der Waals surface area contributed by atoms with E-state index in [0.717, 1.165) is 0 Å². The molecule has 0 saturated carbocycles. The van der Waals surface area contributed by atoms with Gasteiger partial charge in [-0.2, -0.15) is 0 Å². The van der Waals surface area contributed by atoms with Gasteiger partial charge >= 0.3 is 6.85 Å².